The molecule has 0 bridgehead atoms. The van der Waals surface area contributed by atoms with E-state index < -0.39 is 30.4 Å². The van der Waals surface area contributed by atoms with Gasteiger partial charge in [-0.15, -0.1) is 0 Å². The zero-order chi connectivity index (χ0) is 13.6. The van der Waals surface area contributed by atoms with Gasteiger partial charge < -0.3 is 39.4 Å². The van der Waals surface area contributed by atoms with Crippen LogP contribution in [0.25, 0.3) is 0 Å². The Morgan fingerprint density at radius 1 is 0.941 bits per heavy atom. The van der Waals surface area contributed by atoms with Crippen molar-refractivity contribution in [3.05, 3.63) is 0 Å². The van der Waals surface area contributed by atoms with Crippen molar-refractivity contribution < 1.29 is 39.4 Å². The van der Waals surface area contributed by atoms with Gasteiger partial charge in [-0.1, -0.05) is 0 Å². The number of methoxy groups -OCH3 is 3. The first-order valence-electron chi connectivity index (χ1n) is 4.73. The summed E-state index contributed by atoms with van der Waals surface area (Å²) < 4.78 is 14.2. The summed E-state index contributed by atoms with van der Waals surface area (Å²) in [5.41, 5.74) is 0. The van der Waals surface area contributed by atoms with E-state index >= 15 is 0 Å². The van der Waals surface area contributed by atoms with Gasteiger partial charge in [-0.05, 0) is 0 Å². The molecule has 0 aliphatic carbocycles. The van der Waals surface area contributed by atoms with E-state index in [1.807, 2.05) is 0 Å². The quantitative estimate of drug-likeness (QED) is 0.271. The summed E-state index contributed by atoms with van der Waals surface area (Å²) >= 11 is 0. The highest BCUT2D eigenvalue weighted by molar-refractivity contribution is 5.56. The van der Waals surface area contributed by atoms with Crippen LogP contribution in [0.5, 0.6) is 0 Å². The normalized spacial score (nSPS) is 19.5. The van der Waals surface area contributed by atoms with Crippen LogP contribution >= 0.6 is 0 Å². The van der Waals surface area contributed by atoms with Crippen LogP contribution in [-0.2, 0) is 19.0 Å². The number of hydrogen-bond donors (Lipinski definition) is 4. The number of aliphatic hydroxyl groups excluding tert-OH is 4. The van der Waals surface area contributed by atoms with E-state index in [1.54, 1.807) is 0 Å². The van der Waals surface area contributed by atoms with Crippen molar-refractivity contribution in [3.63, 3.8) is 0 Å². The lowest BCUT2D eigenvalue weighted by Crippen LogP contribution is -2.58. The minimum absolute atomic E-state index is 0.0225. The molecule has 0 fully saturated rings. The Labute approximate surface area is 98.3 Å². The summed E-state index contributed by atoms with van der Waals surface area (Å²) in [5, 5.41) is 37.7. The second-order valence-electron chi connectivity index (χ2n) is 3.27. The minimum atomic E-state index is -2.01. The molecular formula is C9H18O8. The third-order valence-electron chi connectivity index (χ3n) is 2.38. The van der Waals surface area contributed by atoms with Crippen molar-refractivity contribution in [2.45, 2.75) is 30.4 Å². The molecule has 0 amide bonds. The van der Waals surface area contributed by atoms with Crippen LogP contribution in [0.2, 0.25) is 0 Å². The van der Waals surface area contributed by atoms with Crippen LogP contribution in [0.4, 0.5) is 0 Å². The van der Waals surface area contributed by atoms with Gasteiger partial charge in [0.15, 0.2) is 12.4 Å². The molecule has 0 saturated heterocycles. The van der Waals surface area contributed by atoms with Crippen molar-refractivity contribution in [1.82, 2.24) is 0 Å². The third kappa shape index (κ3) is 3.42. The van der Waals surface area contributed by atoms with E-state index in [4.69, 9.17) is 19.3 Å². The number of carbonyl (C=O) groups is 1. The fourth-order valence-electron chi connectivity index (χ4n) is 1.29. The maximum atomic E-state index is 10.2. The molecule has 8 nitrogen and oxygen atoms in total. The fourth-order valence-corrected chi connectivity index (χ4v) is 1.29. The van der Waals surface area contributed by atoms with Gasteiger partial charge in [0, 0.05) is 21.3 Å². The van der Waals surface area contributed by atoms with Crippen LogP contribution in [0.1, 0.15) is 0 Å². The number of rotatable bonds is 8. The Kier molecular flexibility index (Phi) is 6.72. The molecular weight excluding hydrogens is 236 g/mol. The second-order valence-corrected chi connectivity index (χ2v) is 3.27. The topological polar surface area (TPSA) is 126 Å². The minimum Gasteiger partial charge on any atom is -0.387 e. The molecule has 17 heavy (non-hydrogen) atoms. The summed E-state index contributed by atoms with van der Waals surface area (Å²) in [5.74, 6) is -2.01. The summed E-state index contributed by atoms with van der Waals surface area (Å²) in [6.07, 6.45) is -7.47. The molecule has 0 heterocycles. The molecule has 0 aromatic carbocycles. The van der Waals surface area contributed by atoms with Crippen LogP contribution in [0, 0.1) is 0 Å². The third-order valence-corrected chi connectivity index (χ3v) is 2.38. The molecule has 4 atom stereocenters. The first-order valence-corrected chi connectivity index (χ1v) is 4.73. The van der Waals surface area contributed by atoms with Gasteiger partial charge in [0.05, 0.1) is 0 Å². The van der Waals surface area contributed by atoms with Gasteiger partial charge in [-0.25, -0.2) is 0 Å². The molecule has 4 N–H and O–H groups in total. The molecule has 0 aromatic heterocycles. The van der Waals surface area contributed by atoms with Crippen molar-refractivity contribution in [2.24, 2.45) is 0 Å². The summed E-state index contributed by atoms with van der Waals surface area (Å²) in [6, 6.07) is 0. The Bertz CT molecular complexity index is 221. The zero-order valence-electron chi connectivity index (χ0n) is 9.81. The van der Waals surface area contributed by atoms with E-state index in [0.29, 0.717) is 0 Å². The monoisotopic (exact) mass is 254 g/mol. The van der Waals surface area contributed by atoms with Gasteiger partial charge in [-0.2, -0.15) is 0 Å². The molecule has 102 valence electrons. The number of carbonyl (C=O) groups excluding carboxylic acids is 1. The summed E-state index contributed by atoms with van der Waals surface area (Å²) in [7, 11) is 3.43. The van der Waals surface area contributed by atoms with Crippen molar-refractivity contribution in [1.29, 1.82) is 0 Å². The average Bonchev–Trinajstić information content (AvgIpc) is 2.38. The van der Waals surface area contributed by atoms with Crippen LogP contribution < -0.4 is 0 Å². The SMILES string of the molecule is COC(OC)(OC)[C@H](O)[C@H](O)[C@@H](O)[C@@H](O)C=O. The highest BCUT2D eigenvalue weighted by atomic mass is 16.9. The summed E-state index contributed by atoms with van der Waals surface area (Å²) in [6.45, 7) is 0. The maximum Gasteiger partial charge on any atom is 0.312 e. The van der Waals surface area contributed by atoms with Crippen molar-refractivity contribution in [2.75, 3.05) is 21.3 Å². The number of ether oxygens (including phenoxy) is 3. The Hall–Kier alpha value is -0.610. The molecule has 0 unspecified atom stereocenters. The molecule has 0 spiro atoms. The highest BCUT2D eigenvalue weighted by Gasteiger charge is 2.47. The predicted octanol–water partition coefficient (Wildman–Crippen LogP) is -2.78. The van der Waals surface area contributed by atoms with Gasteiger partial charge in [0.25, 0.3) is 0 Å². The molecule has 8 heteroatoms. The lowest BCUT2D eigenvalue weighted by atomic mass is 10.0. The largest absolute Gasteiger partial charge is 0.387 e. The molecule has 0 saturated carbocycles. The molecule has 0 radical (unpaired) electrons. The van der Waals surface area contributed by atoms with Gasteiger partial charge in [0.1, 0.15) is 18.3 Å². The first-order chi connectivity index (χ1) is 7.90. The maximum absolute atomic E-state index is 10.2. The van der Waals surface area contributed by atoms with E-state index in [0.717, 1.165) is 21.3 Å². The Morgan fingerprint density at radius 2 is 1.35 bits per heavy atom. The first kappa shape index (κ1) is 16.4. The Balaban J connectivity index is 4.88. The number of aliphatic hydroxyl groups is 4. The Morgan fingerprint density at radius 3 is 1.65 bits per heavy atom. The average molecular weight is 254 g/mol. The van der Waals surface area contributed by atoms with Gasteiger partial charge in [0.2, 0.25) is 0 Å². The lowest BCUT2D eigenvalue weighted by molar-refractivity contribution is -0.401. The zero-order valence-corrected chi connectivity index (χ0v) is 9.81. The van der Waals surface area contributed by atoms with Crippen molar-refractivity contribution >= 4 is 6.29 Å². The molecule has 0 aliphatic rings. The van der Waals surface area contributed by atoms with E-state index in [9.17, 15) is 20.1 Å². The molecule has 0 aliphatic heterocycles. The van der Waals surface area contributed by atoms with Crippen LogP contribution in [0.15, 0.2) is 0 Å². The fraction of sp³-hybridized carbons (Fsp3) is 0.889. The number of aldehydes is 1. The summed E-state index contributed by atoms with van der Waals surface area (Å²) in [4.78, 5) is 10.2. The van der Waals surface area contributed by atoms with Crippen molar-refractivity contribution in [3.8, 4) is 0 Å². The van der Waals surface area contributed by atoms with Crippen LogP contribution in [-0.4, -0.2) is 78.4 Å². The lowest BCUT2D eigenvalue weighted by Gasteiger charge is -2.36. The number of hydrogen-bond acceptors (Lipinski definition) is 8. The smallest absolute Gasteiger partial charge is 0.312 e. The van der Waals surface area contributed by atoms with Crippen LogP contribution in [0.3, 0.4) is 0 Å². The molecule has 0 aromatic rings. The second kappa shape index (κ2) is 6.97. The standard InChI is InChI=1S/C9H18O8/c1-15-9(16-2,17-3)8(14)7(13)6(12)5(11)4-10/h4-8,11-14H,1-3H3/t5-,6-,7+,8+/m0/s1. The molecule has 0 rings (SSSR count). The van der Waals surface area contributed by atoms with Gasteiger partial charge >= 0.3 is 5.97 Å². The van der Waals surface area contributed by atoms with Gasteiger partial charge in [-0.3, -0.25) is 0 Å². The van der Waals surface area contributed by atoms with E-state index in [1.165, 1.54) is 0 Å². The van der Waals surface area contributed by atoms with E-state index in [-0.39, 0.29) is 6.29 Å². The predicted molar refractivity (Wildman–Crippen MR) is 53.8 cm³/mol. The van der Waals surface area contributed by atoms with E-state index in [2.05, 4.69) is 0 Å². The highest BCUT2D eigenvalue weighted by Crippen LogP contribution is 2.22.